The van der Waals surface area contributed by atoms with Crippen LogP contribution in [0.1, 0.15) is 11.1 Å². The Hall–Kier alpha value is -4.38. The molecule has 0 aliphatic carbocycles. The van der Waals surface area contributed by atoms with Gasteiger partial charge in [0, 0.05) is 22.5 Å². The third kappa shape index (κ3) is 5.01. The molecular weight excluding hydrogens is 547 g/mol. The largest absolute Gasteiger partial charge is 0.322 e. The molecule has 0 bridgehead atoms. The van der Waals surface area contributed by atoms with Crippen molar-refractivity contribution in [3.05, 3.63) is 151 Å². The summed E-state index contributed by atoms with van der Waals surface area (Å²) in [5.41, 5.74) is 2.74. The number of benzene rings is 5. The van der Waals surface area contributed by atoms with Crippen molar-refractivity contribution in [2.24, 2.45) is 0 Å². The second kappa shape index (κ2) is 10.9. The van der Waals surface area contributed by atoms with Gasteiger partial charge in [0.15, 0.2) is 7.14 Å². The molecule has 1 heterocycles. The first-order chi connectivity index (χ1) is 19.9. The molecule has 204 valence electrons. The van der Waals surface area contributed by atoms with Gasteiger partial charge < -0.3 is 9.13 Å². The minimum absolute atomic E-state index is 0.139. The molecule has 0 fully saturated rings. The van der Waals surface area contributed by atoms with Gasteiger partial charge in [0.25, 0.3) is 10.0 Å². The summed E-state index contributed by atoms with van der Waals surface area (Å²) >= 11 is 0. The molecule has 0 amide bonds. The monoisotopic (exact) mass is 576 g/mol. The van der Waals surface area contributed by atoms with Crippen molar-refractivity contribution in [3.8, 4) is 0 Å². The smallest absolute Gasteiger partial charge is 0.263 e. The van der Waals surface area contributed by atoms with Crippen LogP contribution in [0.5, 0.6) is 0 Å². The second-order valence-electron chi connectivity index (χ2n) is 9.99. The van der Waals surface area contributed by atoms with Crippen LogP contribution in [-0.4, -0.2) is 13.0 Å². The lowest BCUT2D eigenvalue weighted by atomic mass is 10.2. The van der Waals surface area contributed by atoms with Gasteiger partial charge in [-0.1, -0.05) is 127 Å². The fourth-order valence-electron chi connectivity index (χ4n) is 5.22. The van der Waals surface area contributed by atoms with E-state index in [1.54, 1.807) is 24.3 Å². The standard InChI is InChI=1S/C34H29N2O3PS/c1-26-21-23-30(24-22-26)41(38,39)35-34-33(40(37,28-15-7-3-8-16-28)29-17-9-4-10-18-29)31-19-11-12-20-32(31)36(34)25-27-13-5-2-6-14-27/h2-24,35H,25H2,1H3. The lowest BCUT2D eigenvalue weighted by Crippen LogP contribution is -2.29. The molecule has 0 spiro atoms. The van der Waals surface area contributed by atoms with Crippen LogP contribution in [0, 0.1) is 6.92 Å². The summed E-state index contributed by atoms with van der Waals surface area (Å²) in [7, 11) is -7.61. The summed E-state index contributed by atoms with van der Waals surface area (Å²) in [5, 5.41) is 2.47. The van der Waals surface area contributed by atoms with Crippen molar-refractivity contribution in [1.82, 2.24) is 4.57 Å². The van der Waals surface area contributed by atoms with E-state index in [2.05, 4.69) is 4.72 Å². The number of nitrogens with one attached hydrogen (secondary N) is 1. The second-order valence-corrected chi connectivity index (χ2v) is 14.4. The highest BCUT2D eigenvalue weighted by atomic mass is 32.2. The van der Waals surface area contributed by atoms with Gasteiger partial charge in [-0.25, -0.2) is 8.42 Å². The van der Waals surface area contributed by atoms with Crippen LogP contribution in [0.2, 0.25) is 0 Å². The van der Waals surface area contributed by atoms with Crippen LogP contribution in [-0.2, 0) is 21.1 Å². The SMILES string of the molecule is Cc1ccc(S(=O)(=O)Nc2c(P(=O)(c3ccccc3)c3ccccc3)c3ccccc3n2Cc2ccccc2)cc1. The van der Waals surface area contributed by atoms with E-state index in [1.807, 2.05) is 127 Å². The van der Waals surface area contributed by atoms with Gasteiger partial charge in [-0.2, -0.15) is 0 Å². The maximum atomic E-state index is 15.7. The molecule has 5 nitrogen and oxygen atoms in total. The highest BCUT2D eigenvalue weighted by Crippen LogP contribution is 2.48. The molecule has 0 atom stereocenters. The van der Waals surface area contributed by atoms with E-state index in [-0.39, 0.29) is 4.90 Å². The zero-order valence-corrected chi connectivity index (χ0v) is 24.2. The molecule has 6 rings (SSSR count). The summed E-state index contributed by atoms with van der Waals surface area (Å²) in [6.07, 6.45) is 0. The van der Waals surface area contributed by atoms with E-state index in [0.29, 0.717) is 28.3 Å². The lowest BCUT2D eigenvalue weighted by molar-refractivity contribution is 0.592. The predicted octanol–water partition coefficient (Wildman–Crippen LogP) is 6.44. The van der Waals surface area contributed by atoms with E-state index in [0.717, 1.165) is 22.0 Å². The fraction of sp³-hybridized carbons (Fsp3) is 0.0588. The zero-order valence-electron chi connectivity index (χ0n) is 22.5. The number of anilines is 1. The Morgan fingerprint density at radius 3 is 1.76 bits per heavy atom. The average Bonchev–Trinajstić information content (AvgIpc) is 3.30. The Kier molecular flexibility index (Phi) is 7.12. The van der Waals surface area contributed by atoms with Gasteiger partial charge in [-0.05, 0) is 30.7 Å². The molecule has 6 aromatic rings. The third-order valence-corrected chi connectivity index (χ3v) is 11.7. The minimum Gasteiger partial charge on any atom is -0.322 e. The molecule has 0 unspecified atom stereocenters. The molecule has 0 aliphatic rings. The number of aromatic nitrogens is 1. The van der Waals surface area contributed by atoms with Crippen molar-refractivity contribution < 1.29 is 13.0 Å². The quantitative estimate of drug-likeness (QED) is 0.212. The number of fused-ring (bicyclic) bond motifs is 1. The summed E-state index contributed by atoms with van der Waals surface area (Å²) in [5.74, 6) is 0.298. The topological polar surface area (TPSA) is 68.2 Å². The van der Waals surface area contributed by atoms with E-state index in [1.165, 1.54) is 0 Å². The first kappa shape index (κ1) is 26.8. The van der Waals surface area contributed by atoms with Gasteiger partial charge >= 0.3 is 0 Å². The Balaban J connectivity index is 1.69. The number of hydrogen-bond donors (Lipinski definition) is 1. The highest BCUT2D eigenvalue weighted by molar-refractivity contribution is 7.93. The molecule has 1 N–H and O–H groups in total. The van der Waals surface area contributed by atoms with Gasteiger partial charge in [0.1, 0.15) is 5.82 Å². The predicted molar refractivity (Wildman–Crippen MR) is 169 cm³/mol. The Bertz CT molecular complexity index is 1930. The summed E-state index contributed by atoms with van der Waals surface area (Å²) < 4.78 is 48.4. The Morgan fingerprint density at radius 2 is 1.17 bits per heavy atom. The minimum atomic E-state index is -4.03. The Morgan fingerprint density at radius 1 is 0.659 bits per heavy atom. The van der Waals surface area contributed by atoms with Crippen LogP contribution < -0.4 is 20.6 Å². The van der Waals surface area contributed by atoms with Crippen LogP contribution in [0.3, 0.4) is 0 Å². The molecule has 0 aliphatic heterocycles. The van der Waals surface area contributed by atoms with E-state index in [9.17, 15) is 8.42 Å². The maximum absolute atomic E-state index is 15.7. The summed E-state index contributed by atoms with van der Waals surface area (Å²) in [6, 6.07) is 42.9. The van der Waals surface area contributed by atoms with Gasteiger partial charge in [-0.3, -0.25) is 4.72 Å². The van der Waals surface area contributed by atoms with E-state index >= 15 is 4.57 Å². The first-order valence-electron chi connectivity index (χ1n) is 13.3. The van der Waals surface area contributed by atoms with Crippen molar-refractivity contribution in [2.45, 2.75) is 18.4 Å². The molecule has 1 aromatic heterocycles. The van der Waals surface area contributed by atoms with Gasteiger partial charge in [0.05, 0.1) is 15.7 Å². The number of hydrogen-bond acceptors (Lipinski definition) is 3. The summed E-state index contributed by atoms with van der Waals surface area (Å²) in [4.78, 5) is 0.139. The molecule has 7 heteroatoms. The third-order valence-electron chi connectivity index (χ3n) is 7.24. The van der Waals surface area contributed by atoms with Gasteiger partial charge in [0.2, 0.25) is 0 Å². The zero-order chi connectivity index (χ0) is 28.5. The Labute approximate surface area is 240 Å². The van der Waals surface area contributed by atoms with Gasteiger partial charge in [-0.15, -0.1) is 0 Å². The van der Waals surface area contributed by atoms with Crippen molar-refractivity contribution >= 4 is 49.8 Å². The number of para-hydroxylation sites is 1. The first-order valence-corrected chi connectivity index (χ1v) is 16.5. The highest BCUT2D eigenvalue weighted by Gasteiger charge is 2.38. The normalized spacial score (nSPS) is 11.9. The molecule has 0 radical (unpaired) electrons. The number of rotatable bonds is 8. The molecule has 0 saturated heterocycles. The van der Waals surface area contributed by atoms with Crippen LogP contribution in [0.4, 0.5) is 5.82 Å². The number of aryl methyl sites for hydroxylation is 1. The lowest BCUT2D eigenvalue weighted by Gasteiger charge is -2.22. The van der Waals surface area contributed by atoms with E-state index in [4.69, 9.17) is 0 Å². The van der Waals surface area contributed by atoms with Crippen molar-refractivity contribution in [2.75, 3.05) is 4.72 Å². The average molecular weight is 577 g/mol. The van der Waals surface area contributed by atoms with Crippen LogP contribution in [0.25, 0.3) is 10.9 Å². The maximum Gasteiger partial charge on any atom is 0.263 e. The molecular formula is C34H29N2O3PS. The fourth-order valence-corrected chi connectivity index (χ4v) is 9.38. The molecule has 0 saturated carbocycles. The summed E-state index contributed by atoms with van der Waals surface area (Å²) in [6.45, 7) is 2.30. The van der Waals surface area contributed by atoms with E-state index < -0.39 is 17.2 Å². The van der Waals surface area contributed by atoms with Crippen LogP contribution >= 0.6 is 7.14 Å². The molecule has 41 heavy (non-hydrogen) atoms. The molecule has 5 aromatic carbocycles. The van der Waals surface area contributed by atoms with Crippen molar-refractivity contribution in [3.63, 3.8) is 0 Å². The van der Waals surface area contributed by atoms with Crippen LogP contribution in [0.15, 0.2) is 144 Å². The van der Waals surface area contributed by atoms with Crippen molar-refractivity contribution in [1.29, 1.82) is 0 Å². The number of nitrogens with zero attached hydrogens (tertiary/aromatic N) is 1. The number of sulfonamides is 1.